The molecule has 2 aliphatic carbocycles. The molecule has 1 aliphatic heterocycles. The minimum absolute atomic E-state index is 0.120. The molecule has 1 amide bonds. The SMILES string of the molecule is O=C(NC1C2CNCC21)C1CCCc2sccc21. The highest BCUT2D eigenvalue weighted by molar-refractivity contribution is 7.10. The largest absolute Gasteiger partial charge is 0.352 e. The predicted molar refractivity (Wildman–Crippen MR) is 71.8 cm³/mol. The molecule has 3 unspecified atom stereocenters. The normalized spacial score (nSPS) is 36.9. The lowest BCUT2D eigenvalue weighted by Gasteiger charge is -2.22. The highest BCUT2D eigenvalue weighted by atomic mass is 32.1. The molecule has 0 bridgehead atoms. The number of aryl methyl sites for hydroxylation is 1. The Hall–Kier alpha value is -0.870. The summed E-state index contributed by atoms with van der Waals surface area (Å²) in [5.74, 6) is 1.81. The first-order chi connectivity index (χ1) is 8.84. The van der Waals surface area contributed by atoms with E-state index < -0.39 is 0 Å². The summed E-state index contributed by atoms with van der Waals surface area (Å²) in [4.78, 5) is 13.8. The van der Waals surface area contributed by atoms with Crippen LogP contribution in [0.2, 0.25) is 0 Å². The Bertz CT molecular complexity index is 474. The molecule has 0 radical (unpaired) electrons. The summed E-state index contributed by atoms with van der Waals surface area (Å²) >= 11 is 1.81. The highest BCUT2D eigenvalue weighted by Crippen LogP contribution is 2.42. The van der Waals surface area contributed by atoms with Gasteiger partial charge in [-0.3, -0.25) is 4.79 Å². The third-order valence-electron chi connectivity index (χ3n) is 4.77. The summed E-state index contributed by atoms with van der Waals surface area (Å²) in [7, 11) is 0. The lowest BCUT2D eigenvalue weighted by molar-refractivity contribution is -0.123. The Morgan fingerprint density at radius 3 is 3.06 bits per heavy atom. The van der Waals surface area contributed by atoms with Crippen LogP contribution in [0.4, 0.5) is 0 Å². The second-order valence-electron chi connectivity index (χ2n) is 5.76. The molecule has 0 spiro atoms. The molecule has 4 rings (SSSR count). The molecule has 3 nitrogen and oxygen atoms in total. The van der Waals surface area contributed by atoms with Crippen LogP contribution in [-0.2, 0) is 11.2 Å². The average Bonchev–Trinajstić information content (AvgIpc) is 2.82. The van der Waals surface area contributed by atoms with E-state index in [0.29, 0.717) is 17.9 Å². The number of carbonyl (C=O) groups excluding carboxylic acids is 1. The molecule has 1 saturated heterocycles. The number of carbonyl (C=O) groups is 1. The molecular formula is C14H18N2OS. The number of hydrogen-bond donors (Lipinski definition) is 2. The first kappa shape index (κ1) is 11.0. The number of fused-ring (bicyclic) bond motifs is 2. The molecule has 2 heterocycles. The first-order valence-electron chi connectivity index (χ1n) is 6.92. The summed E-state index contributed by atoms with van der Waals surface area (Å²) in [6, 6.07) is 2.61. The third-order valence-corrected chi connectivity index (χ3v) is 5.77. The van der Waals surface area contributed by atoms with Crippen molar-refractivity contribution >= 4 is 17.2 Å². The lowest BCUT2D eigenvalue weighted by Crippen LogP contribution is -2.36. The van der Waals surface area contributed by atoms with Gasteiger partial charge in [0.25, 0.3) is 0 Å². The van der Waals surface area contributed by atoms with E-state index in [1.807, 2.05) is 11.3 Å². The first-order valence-corrected chi connectivity index (χ1v) is 7.80. The monoisotopic (exact) mass is 262 g/mol. The zero-order chi connectivity index (χ0) is 12.1. The zero-order valence-electron chi connectivity index (χ0n) is 10.3. The van der Waals surface area contributed by atoms with E-state index in [2.05, 4.69) is 22.1 Å². The fourth-order valence-electron chi connectivity index (χ4n) is 3.66. The maximum atomic E-state index is 12.4. The number of nitrogens with one attached hydrogen (secondary N) is 2. The minimum atomic E-state index is 0.120. The predicted octanol–water partition coefficient (Wildman–Crippen LogP) is 1.50. The zero-order valence-corrected chi connectivity index (χ0v) is 11.1. The third kappa shape index (κ3) is 1.62. The number of hydrogen-bond acceptors (Lipinski definition) is 3. The van der Waals surface area contributed by atoms with Gasteiger partial charge in [0.15, 0.2) is 0 Å². The topological polar surface area (TPSA) is 41.1 Å². The van der Waals surface area contributed by atoms with Gasteiger partial charge in [-0.05, 0) is 48.1 Å². The Morgan fingerprint density at radius 1 is 1.39 bits per heavy atom. The molecule has 1 aromatic rings. The number of amides is 1. The Kier molecular flexibility index (Phi) is 2.49. The van der Waals surface area contributed by atoms with Gasteiger partial charge in [0.1, 0.15) is 0 Å². The van der Waals surface area contributed by atoms with Crippen molar-refractivity contribution in [2.24, 2.45) is 11.8 Å². The van der Waals surface area contributed by atoms with Gasteiger partial charge < -0.3 is 10.6 Å². The molecule has 0 aromatic carbocycles. The number of thiophene rings is 1. The maximum Gasteiger partial charge on any atom is 0.227 e. The van der Waals surface area contributed by atoms with Gasteiger partial charge in [-0.1, -0.05) is 0 Å². The van der Waals surface area contributed by atoms with E-state index in [0.717, 1.165) is 32.4 Å². The Balaban J connectivity index is 1.47. The van der Waals surface area contributed by atoms with E-state index in [9.17, 15) is 4.79 Å². The summed E-state index contributed by atoms with van der Waals surface area (Å²) < 4.78 is 0. The van der Waals surface area contributed by atoms with Crippen molar-refractivity contribution in [1.29, 1.82) is 0 Å². The van der Waals surface area contributed by atoms with Gasteiger partial charge in [-0.2, -0.15) is 0 Å². The van der Waals surface area contributed by atoms with Crippen molar-refractivity contribution in [2.45, 2.75) is 31.2 Å². The lowest BCUT2D eigenvalue weighted by atomic mass is 9.87. The average molecular weight is 262 g/mol. The molecule has 4 heteroatoms. The van der Waals surface area contributed by atoms with E-state index in [1.54, 1.807) is 0 Å². The summed E-state index contributed by atoms with van der Waals surface area (Å²) in [5, 5.41) is 8.78. The maximum absolute atomic E-state index is 12.4. The molecule has 18 heavy (non-hydrogen) atoms. The molecule has 1 saturated carbocycles. The Morgan fingerprint density at radius 2 is 2.22 bits per heavy atom. The van der Waals surface area contributed by atoms with E-state index in [-0.39, 0.29) is 11.8 Å². The molecule has 1 aromatic heterocycles. The van der Waals surface area contributed by atoms with Crippen LogP contribution in [0.5, 0.6) is 0 Å². The fourth-order valence-corrected chi connectivity index (χ4v) is 4.64. The van der Waals surface area contributed by atoms with Crippen LogP contribution in [0, 0.1) is 11.8 Å². The summed E-state index contributed by atoms with van der Waals surface area (Å²) in [6.07, 6.45) is 3.34. The van der Waals surface area contributed by atoms with Crippen LogP contribution >= 0.6 is 11.3 Å². The highest BCUT2D eigenvalue weighted by Gasteiger charge is 2.54. The quantitative estimate of drug-likeness (QED) is 0.848. The second-order valence-corrected chi connectivity index (χ2v) is 6.76. The van der Waals surface area contributed by atoms with Gasteiger partial charge in [0.2, 0.25) is 5.91 Å². The van der Waals surface area contributed by atoms with Crippen LogP contribution in [0.1, 0.15) is 29.2 Å². The van der Waals surface area contributed by atoms with Crippen molar-refractivity contribution in [3.05, 3.63) is 21.9 Å². The number of piperidine rings is 1. The number of rotatable bonds is 2. The van der Waals surface area contributed by atoms with Crippen molar-refractivity contribution in [2.75, 3.05) is 13.1 Å². The molecule has 3 atom stereocenters. The van der Waals surface area contributed by atoms with Gasteiger partial charge in [0, 0.05) is 24.0 Å². The molecule has 3 aliphatic rings. The van der Waals surface area contributed by atoms with Crippen LogP contribution in [0.3, 0.4) is 0 Å². The smallest absolute Gasteiger partial charge is 0.227 e. The van der Waals surface area contributed by atoms with Crippen molar-refractivity contribution in [3.63, 3.8) is 0 Å². The van der Waals surface area contributed by atoms with Gasteiger partial charge in [-0.25, -0.2) is 0 Å². The van der Waals surface area contributed by atoms with Crippen LogP contribution < -0.4 is 10.6 Å². The molecule has 2 fully saturated rings. The van der Waals surface area contributed by atoms with Gasteiger partial charge >= 0.3 is 0 Å². The molecule has 96 valence electrons. The van der Waals surface area contributed by atoms with Crippen LogP contribution in [0.25, 0.3) is 0 Å². The second kappa shape index (κ2) is 4.07. The van der Waals surface area contributed by atoms with Crippen molar-refractivity contribution in [3.8, 4) is 0 Å². The van der Waals surface area contributed by atoms with E-state index in [1.165, 1.54) is 10.4 Å². The Labute approximate surface area is 111 Å². The van der Waals surface area contributed by atoms with E-state index in [4.69, 9.17) is 0 Å². The standard InChI is InChI=1S/C14H18N2OS/c17-14(16-13-10-6-15-7-11(10)13)9-2-1-3-12-8(9)4-5-18-12/h4-5,9-11,13,15H,1-3,6-7H2,(H,16,17). The van der Waals surface area contributed by atoms with Gasteiger partial charge in [0.05, 0.1) is 5.92 Å². The molecular weight excluding hydrogens is 244 g/mol. The van der Waals surface area contributed by atoms with Gasteiger partial charge in [-0.15, -0.1) is 11.3 Å². The molecule has 2 N–H and O–H groups in total. The van der Waals surface area contributed by atoms with Crippen molar-refractivity contribution < 1.29 is 4.79 Å². The van der Waals surface area contributed by atoms with Crippen LogP contribution in [0.15, 0.2) is 11.4 Å². The minimum Gasteiger partial charge on any atom is -0.352 e. The summed E-state index contributed by atoms with van der Waals surface area (Å²) in [5.41, 5.74) is 1.30. The van der Waals surface area contributed by atoms with E-state index >= 15 is 0 Å². The fraction of sp³-hybridized carbons (Fsp3) is 0.643. The van der Waals surface area contributed by atoms with Crippen molar-refractivity contribution in [1.82, 2.24) is 10.6 Å². The summed E-state index contributed by atoms with van der Waals surface area (Å²) in [6.45, 7) is 2.17. The van der Waals surface area contributed by atoms with Crippen LogP contribution in [-0.4, -0.2) is 25.0 Å².